The number of urea groups is 1. The number of nitrogens with two attached hydrogens (primary N) is 1. The van der Waals surface area contributed by atoms with Crippen molar-refractivity contribution < 1.29 is 9.53 Å². The summed E-state index contributed by atoms with van der Waals surface area (Å²) in [5.41, 5.74) is 4.94. The van der Waals surface area contributed by atoms with Crippen molar-refractivity contribution >= 4 is 6.03 Å². The first-order chi connectivity index (χ1) is 6.79. The maximum absolute atomic E-state index is 10.4. The van der Waals surface area contributed by atoms with Gasteiger partial charge in [-0.25, -0.2) is 4.79 Å². The molecular formula is C9H19N3O2. The van der Waals surface area contributed by atoms with E-state index in [-0.39, 0.29) is 0 Å². The van der Waals surface area contributed by atoms with Crippen LogP contribution in [0.1, 0.15) is 19.3 Å². The maximum Gasteiger partial charge on any atom is 0.312 e. The molecule has 2 amide bonds. The second-order valence-corrected chi connectivity index (χ2v) is 3.49. The van der Waals surface area contributed by atoms with Crippen molar-refractivity contribution in [3.63, 3.8) is 0 Å². The van der Waals surface area contributed by atoms with Gasteiger partial charge in [-0.2, -0.15) is 0 Å². The standard InChI is InChI=1S/C9H19N3O2/c10-9(13)12-5-4-11-8-2-1-6-14-7-3-8/h8,11H,1-7H2,(H3,10,12,13). The highest BCUT2D eigenvalue weighted by atomic mass is 16.5. The highest BCUT2D eigenvalue weighted by molar-refractivity contribution is 5.71. The summed E-state index contributed by atoms with van der Waals surface area (Å²) in [6.45, 7) is 3.07. The number of nitrogens with one attached hydrogen (secondary N) is 2. The predicted octanol–water partition coefficient (Wildman–Crippen LogP) is -0.187. The molecule has 1 fully saturated rings. The van der Waals surface area contributed by atoms with Crippen molar-refractivity contribution in [1.29, 1.82) is 0 Å². The van der Waals surface area contributed by atoms with Crippen LogP contribution in [0.2, 0.25) is 0 Å². The van der Waals surface area contributed by atoms with Gasteiger partial charge in [0.25, 0.3) is 0 Å². The number of amides is 2. The van der Waals surface area contributed by atoms with Crippen LogP contribution in [-0.4, -0.2) is 38.4 Å². The molecule has 0 aromatic carbocycles. The third kappa shape index (κ3) is 5.04. The lowest BCUT2D eigenvalue weighted by molar-refractivity contribution is 0.142. The van der Waals surface area contributed by atoms with Gasteiger partial charge in [0.2, 0.25) is 0 Å². The summed E-state index contributed by atoms with van der Waals surface area (Å²) in [5, 5.41) is 5.91. The molecule has 1 atom stereocenters. The van der Waals surface area contributed by atoms with Crippen LogP contribution in [0.4, 0.5) is 4.79 Å². The Balaban J connectivity index is 2.01. The molecule has 1 heterocycles. The van der Waals surface area contributed by atoms with Gasteiger partial charge >= 0.3 is 6.03 Å². The summed E-state index contributed by atoms with van der Waals surface area (Å²) in [7, 11) is 0. The number of ether oxygens (including phenoxy) is 1. The van der Waals surface area contributed by atoms with Crippen molar-refractivity contribution in [3.05, 3.63) is 0 Å². The molecule has 0 aliphatic carbocycles. The first-order valence-electron chi connectivity index (χ1n) is 5.13. The zero-order valence-electron chi connectivity index (χ0n) is 8.42. The SMILES string of the molecule is NC(=O)NCCNC1CCCOCC1. The normalized spacial score (nSPS) is 22.7. The topological polar surface area (TPSA) is 76.4 Å². The monoisotopic (exact) mass is 201 g/mol. The van der Waals surface area contributed by atoms with Crippen LogP contribution in [0.15, 0.2) is 0 Å². The van der Waals surface area contributed by atoms with E-state index in [4.69, 9.17) is 10.5 Å². The van der Waals surface area contributed by atoms with E-state index < -0.39 is 6.03 Å². The molecule has 0 saturated carbocycles. The lowest BCUT2D eigenvalue weighted by Crippen LogP contribution is -2.39. The van der Waals surface area contributed by atoms with Crippen molar-refractivity contribution in [3.8, 4) is 0 Å². The van der Waals surface area contributed by atoms with Crippen LogP contribution < -0.4 is 16.4 Å². The molecule has 1 aliphatic rings. The fourth-order valence-corrected chi connectivity index (χ4v) is 1.57. The molecule has 0 aromatic rings. The second kappa shape index (κ2) is 6.62. The van der Waals surface area contributed by atoms with Crippen molar-refractivity contribution in [1.82, 2.24) is 10.6 Å². The average Bonchev–Trinajstić information content (AvgIpc) is 2.40. The highest BCUT2D eigenvalue weighted by Crippen LogP contribution is 2.07. The van der Waals surface area contributed by atoms with Gasteiger partial charge in [0, 0.05) is 32.3 Å². The fraction of sp³-hybridized carbons (Fsp3) is 0.889. The van der Waals surface area contributed by atoms with Gasteiger partial charge < -0.3 is 21.1 Å². The molecule has 82 valence electrons. The summed E-state index contributed by atoms with van der Waals surface area (Å²) < 4.78 is 5.34. The van der Waals surface area contributed by atoms with E-state index in [2.05, 4.69) is 10.6 Å². The minimum absolute atomic E-state index is 0.462. The van der Waals surface area contributed by atoms with Crippen LogP contribution >= 0.6 is 0 Å². The Bertz CT molecular complexity index is 167. The Morgan fingerprint density at radius 3 is 3.00 bits per heavy atom. The van der Waals surface area contributed by atoms with Gasteiger partial charge in [0.05, 0.1) is 0 Å². The lowest BCUT2D eigenvalue weighted by atomic mass is 10.1. The summed E-state index contributed by atoms with van der Waals surface area (Å²) >= 11 is 0. The zero-order valence-corrected chi connectivity index (χ0v) is 8.42. The van der Waals surface area contributed by atoms with Crippen LogP contribution in [0.25, 0.3) is 0 Å². The van der Waals surface area contributed by atoms with E-state index in [0.29, 0.717) is 12.6 Å². The Kier molecular flexibility index (Phi) is 5.32. The predicted molar refractivity (Wildman–Crippen MR) is 54.0 cm³/mol. The largest absolute Gasteiger partial charge is 0.381 e. The van der Waals surface area contributed by atoms with Crippen molar-refractivity contribution in [2.45, 2.75) is 25.3 Å². The molecule has 4 N–H and O–H groups in total. The van der Waals surface area contributed by atoms with Crippen LogP contribution in [0.5, 0.6) is 0 Å². The van der Waals surface area contributed by atoms with Gasteiger partial charge in [-0.15, -0.1) is 0 Å². The number of primary amides is 1. The van der Waals surface area contributed by atoms with E-state index in [9.17, 15) is 4.79 Å². The van der Waals surface area contributed by atoms with E-state index in [1.54, 1.807) is 0 Å². The Morgan fingerprint density at radius 2 is 2.21 bits per heavy atom. The molecule has 0 spiro atoms. The van der Waals surface area contributed by atoms with Crippen LogP contribution in [-0.2, 0) is 4.74 Å². The van der Waals surface area contributed by atoms with Gasteiger partial charge in [0.1, 0.15) is 0 Å². The Morgan fingerprint density at radius 1 is 1.36 bits per heavy atom. The van der Waals surface area contributed by atoms with E-state index >= 15 is 0 Å². The molecule has 5 nitrogen and oxygen atoms in total. The summed E-state index contributed by atoms with van der Waals surface area (Å²) in [4.78, 5) is 10.4. The molecule has 5 heteroatoms. The van der Waals surface area contributed by atoms with Gasteiger partial charge in [-0.05, 0) is 19.3 Å². The number of hydrogen-bond acceptors (Lipinski definition) is 3. The first-order valence-corrected chi connectivity index (χ1v) is 5.13. The average molecular weight is 201 g/mol. The minimum Gasteiger partial charge on any atom is -0.381 e. The molecular weight excluding hydrogens is 182 g/mol. The third-order valence-corrected chi connectivity index (χ3v) is 2.31. The molecule has 1 saturated heterocycles. The molecule has 14 heavy (non-hydrogen) atoms. The van der Waals surface area contributed by atoms with Crippen molar-refractivity contribution in [2.24, 2.45) is 5.73 Å². The fourth-order valence-electron chi connectivity index (χ4n) is 1.57. The number of rotatable bonds is 4. The molecule has 1 aliphatic heterocycles. The Hall–Kier alpha value is -0.810. The maximum atomic E-state index is 10.4. The zero-order chi connectivity index (χ0) is 10.2. The van der Waals surface area contributed by atoms with Crippen LogP contribution in [0.3, 0.4) is 0 Å². The highest BCUT2D eigenvalue weighted by Gasteiger charge is 2.10. The quantitative estimate of drug-likeness (QED) is 0.552. The first kappa shape index (κ1) is 11.3. The number of carbonyl (C=O) groups excluding carboxylic acids is 1. The van der Waals surface area contributed by atoms with E-state index in [0.717, 1.165) is 39.0 Å². The molecule has 0 aromatic heterocycles. The second-order valence-electron chi connectivity index (χ2n) is 3.49. The number of carbonyl (C=O) groups is 1. The minimum atomic E-state index is -0.462. The molecule has 0 bridgehead atoms. The van der Waals surface area contributed by atoms with Crippen LogP contribution in [0, 0.1) is 0 Å². The smallest absolute Gasteiger partial charge is 0.312 e. The van der Waals surface area contributed by atoms with Gasteiger partial charge in [-0.3, -0.25) is 0 Å². The van der Waals surface area contributed by atoms with E-state index in [1.165, 1.54) is 0 Å². The Labute approximate surface area is 84.4 Å². The van der Waals surface area contributed by atoms with Gasteiger partial charge in [-0.1, -0.05) is 0 Å². The molecule has 1 unspecified atom stereocenters. The third-order valence-electron chi connectivity index (χ3n) is 2.31. The molecule has 1 rings (SSSR count). The summed E-state index contributed by atoms with van der Waals surface area (Å²) in [5.74, 6) is 0. The summed E-state index contributed by atoms with van der Waals surface area (Å²) in [6, 6.07) is 0.0585. The summed E-state index contributed by atoms with van der Waals surface area (Å²) in [6.07, 6.45) is 3.31. The van der Waals surface area contributed by atoms with E-state index in [1.807, 2.05) is 0 Å². The lowest BCUT2D eigenvalue weighted by Gasteiger charge is -2.15. The number of hydrogen-bond donors (Lipinski definition) is 3. The molecule has 0 radical (unpaired) electrons. The van der Waals surface area contributed by atoms with Gasteiger partial charge in [0.15, 0.2) is 0 Å². The van der Waals surface area contributed by atoms with Crippen molar-refractivity contribution in [2.75, 3.05) is 26.3 Å².